The molecule has 1 unspecified atom stereocenters. The van der Waals surface area contributed by atoms with Crippen molar-refractivity contribution in [3.05, 3.63) is 47.4 Å². The molecule has 170 valence electrons. The Hall–Kier alpha value is -3.11. The fourth-order valence-electron chi connectivity index (χ4n) is 3.80. The number of β-amino-alcohol motifs (C(OH)–C–C–N with tert-alkyl or cyclic N) is 1. The van der Waals surface area contributed by atoms with Crippen LogP contribution in [0.1, 0.15) is 54.1 Å². The van der Waals surface area contributed by atoms with Crippen LogP contribution in [0.4, 0.5) is 17.3 Å². The molecule has 1 aliphatic heterocycles. The summed E-state index contributed by atoms with van der Waals surface area (Å²) in [4.78, 5) is 14.5. The maximum absolute atomic E-state index is 12.9. The van der Waals surface area contributed by atoms with Crippen LogP contribution in [0.2, 0.25) is 0 Å². The van der Waals surface area contributed by atoms with Crippen molar-refractivity contribution < 1.29 is 19.4 Å². The first-order valence-electron chi connectivity index (χ1n) is 10.7. The largest absolute Gasteiger partial charge is 0.505 e. The molecule has 0 bridgehead atoms. The van der Waals surface area contributed by atoms with Crippen LogP contribution in [0.15, 0.2) is 34.7 Å². The van der Waals surface area contributed by atoms with Crippen LogP contribution in [0, 0.1) is 6.92 Å². The summed E-state index contributed by atoms with van der Waals surface area (Å²) < 4.78 is 14.4. The Kier molecular flexibility index (Phi) is 6.61. The van der Waals surface area contributed by atoms with E-state index in [4.69, 9.17) is 4.42 Å². The van der Waals surface area contributed by atoms with E-state index < -0.39 is 6.10 Å². The first-order valence-corrected chi connectivity index (χ1v) is 11.4. The molecule has 2 atom stereocenters. The number of amides is 1. The molecule has 1 aromatic carbocycles. The third kappa shape index (κ3) is 4.71. The number of para-hydroxylation sites is 1. The summed E-state index contributed by atoms with van der Waals surface area (Å²) in [5.74, 6) is 2.16. The summed E-state index contributed by atoms with van der Waals surface area (Å²) in [6.07, 6.45) is 1.66. The number of aromatic nitrogens is 2. The number of carbonyl (C=O) groups is 1. The zero-order valence-electron chi connectivity index (χ0n) is 18.0. The number of aromatic hydroxyl groups is 1. The molecular weight excluding hydrogens is 430 g/mol. The number of carbonyl (C=O) groups excluding carboxylic acids is 1. The first-order chi connectivity index (χ1) is 15.5. The Balaban J connectivity index is 1.52. The quantitative estimate of drug-likeness (QED) is 0.392. The van der Waals surface area contributed by atoms with Gasteiger partial charge in [-0.3, -0.25) is 4.79 Å². The number of phenols is 1. The highest BCUT2D eigenvalue weighted by Gasteiger charge is 2.26. The maximum Gasteiger partial charge on any atom is 0.257 e. The number of aliphatic hydroxyl groups is 1. The minimum atomic E-state index is -0.532. The molecule has 10 heteroatoms. The van der Waals surface area contributed by atoms with Crippen LogP contribution in [-0.2, 0) is 0 Å². The van der Waals surface area contributed by atoms with Gasteiger partial charge in [0.05, 0.1) is 35.1 Å². The molecule has 4 rings (SSSR count). The second kappa shape index (κ2) is 9.58. The lowest BCUT2D eigenvalue weighted by atomic mass is 10.1. The molecule has 1 saturated heterocycles. The zero-order chi connectivity index (χ0) is 22.7. The van der Waals surface area contributed by atoms with Gasteiger partial charge in [-0.05, 0) is 50.5 Å². The van der Waals surface area contributed by atoms with Gasteiger partial charge in [0, 0.05) is 13.1 Å². The average Bonchev–Trinajstić information content (AvgIpc) is 3.41. The fraction of sp³-hybridized carbons (Fsp3) is 0.409. The van der Waals surface area contributed by atoms with Crippen LogP contribution in [0.5, 0.6) is 5.75 Å². The smallest absolute Gasteiger partial charge is 0.257 e. The van der Waals surface area contributed by atoms with Gasteiger partial charge < -0.3 is 30.2 Å². The third-order valence-electron chi connectivity index (χ3n) is 5.52. The predicted molar refractivity (Wildman–Crippen MR) is 123 cm³/mol. The highest BCUT2D eigenvalue weighted by atomic mass is 32.1. The predicted octanol–water partition coefficient (Wildman–Crippen LogP) is 4.05. The molecule has 32 heavy (non-hydrogen) atoms. The van der Waals surface area contributed by atoms with Crippen molar-refractivity contribution in [1.29, 1.82) is 0 Å². The number of piperidine rings is 1. The van der Waals surface area contributed by atoms with Gasteiger partial charge in [0.2, 0.25) is 0 Å². The molecule has 3 aromatic rings. The van der Waals surface area contributed by atoms with Crippen LogP contribution in [-0.4, -0.2) is 49.0 Å². The van der Waals surface area contributed by atoms with Crippen molar-refractivity contribution in [3.8, 4) is 5.75 Å². The molecule has 1 fully saturated rings. The number of hydrogen-bond donors (Lipinski definition) is 4. The van der Waals surface area contributed by atoms with Crippen molar-refractivity contribution in [2.75, 3.05) is 23.7 Å². The van der Waals surface area contributed by atoms with Crippen molar-refractivity contribution >= 4 is 35.0 Å². The standard InChI is InChI=1S/C22H27N5O4S/c1-3-16(18-10-9-13(2)31-18)23-20-21(26-32-25-20)24-17-8-4-7-15(19(17)29)22(30)27-11-5-6-14(28)12-27/h4,7-10,14,16,28-29H,3,5-6,11-12H2,1-2H3,(H,23,25)(H,24,26)/t14?,16-/m1/s1. The molecule has 4 N–H and O–H groups in total. The summed E-state index contributed by atoms with van der Waals surface area (Å²) in [5, 5.41) is 27.1. The van der Waals surface area contributed by atoms with Gasteiger partial charge in [-0.1, -0.05) is 13.0 Å². The number of hydrogen-bond acceptors (Lipinski definition) is 9. The molecule has 0 radical (unpaired) electrons. The van der Waals surface area contributed by atoms with Crippen LogP contribution < -0.4 is 10.6 Å². The van der Waals surface area contributed by atoms with E-state index in [1.807, 2.05) is 26.0 Å². The minimum absolute atomic E-state index is 0.0832. The van der Waals surface area contributed by atoms with Crippen LogP contribution >= 0.6 is 11.7 Å². The summed E-state index contributed by atoms with van der Waals surface area (Å²) in [7, 11) is 0. The Morgan fingerprint density at radius 2 is 2.12 bits per heavy atom. The second-order valence-electron chi connectivity index (χ2n) is 7.89. The first kappa shape index (κ1) is 22.1. The molecule has 0 saturated carbocycles. The van der Waals surface area contributed by atoms with E-state index in [1.165, 1.54) is 0 Å². The Morgan fingerprint density at radius 1 is 1.31 bits per heavy atom. The average molecular weight is 458 g/mol. The summed E-state index contributed by atoms with van der Waals surface area (Å²) in [6, 6.07) is 8.72. The van der Waals surface area contributed by atoms with Crippen molar-refractivity contribution in [3.63, 3.8) is 0 Å². The topological polar surface area (TPSA) is 124 Å². The molecule has 2 aromatic heterocycles. The van der Waals surface area contributed by atoms with E-state index >= 15 is 0 Å². The van der Waals surface area contributed by atoms with Gasteiger partial charge in [-0.2, -0.15) is 8.75 Å². The Labute approximate surface area is 190 Å². The maximum atomic E-state index is 12.9. The number of benzene rings is 1. The molecule has 9 nitrogen and oxygen atoms in total. The van der Waals surface area contributed by atoms with Gasteiger partial charge in [-0.15, -0.1) is 0 Å². The fourth-order valence-corrected chi connectivity index (χ4v) is 4.27. The van der Waals surface area contributed by atoms with Gasteiger partial charge in [-0.25, -0.2) is 0 Å². The van der Waals surface area contributed by atoms with E-state index in [0.29, 0.717) is 30.3 Å². The monoisotopic (exact) mass is 457 g/mol. The van der Waals surface area contributed by atoms with Crippen molar-refractivity contribution in [2.45, 2.75) is 45.3 Å². The highest BCUT2D eigenvalue weighted by molar-refractivity contribution is 6.99. The highest BCUT2D eigenvalue weighted by Crippen LogP contribution is 2.34. The SMILES string of the molecule is CC[C@@H](Nc1nsnc1Nc1cccc(C(=O)N2CCCC(O)C2)c1O)c1ccc(C)o1. The number of phenolic OH excluding ortho intramolecular Hbond substituents is 1. The van der Waals surface area contributed by atoms with E-state index in [1.54, 1.807) is 23.1 Å². The van der Waals surface area contributed by atoms with E-state index in [9.17, 15) is 15.0 Å². The third-order valence-corrected chi connectivity index (χ3v) is 6.04. The number of aryl methyl sites for hydroxylation is 1. The number of furan rings is 1. The lowest BCUT2D eigenvalue weighted by Crippen LogP contribution is -2.42. The molecule has 0 aliphatic carbocycles. The number of likely N-dealkylation sites (tertiary alicyclic amines) is 1. The number of nitrogens with one attached hydrogen (secondary N) is 2. The van der Waals surface area contributed by atoms with E-state index in [-0.39, 0.29) is 29.8 Å². The lowest BCUT2D eigenvalue weighted by molar-refractivity contribution is 0.0471. The van der Waals surface area contributed by atoms with E-state index in [0.717, 1.165) is 36.1 Å². The minimum Gasteiger partial charge on any atom is -0.505 e. The Morgan fingerprint density at radius 3 is 2.84 bits per heavy atom. The number of anilines is 3. The van der Waals surface area contributed by atoms with Gasteiger partial charge >= 0.3 is 0 Å². The Bertz CT molecular complexity index is 1080. The summed E-state index contributed by atoms with van der Waals surface area (Å²) in [6.45, 7) is 4.77. The molecule has 1 amide bonds. The number of aliphatic hydroxyl groups excluding tert-OH is 1. The molecule has 0 spiro atoms. The molecular formula is C22H27N5O4S. The molecule has 1 aliphatic rings. The zero-order valence-corrected chi connectivity index (χ0v) is 18.9. The molecule has 3 heterocycles. The summed E-state index contributed by atoms with van der Waals surface area (Å²) in [5.41, 5.74) is 0.533. The van der Waals surface area contributed by atoms with Crippen LogP contribution in [0.3, 0.4) is 0 Å². The van der Waals surface area contributed by atoms with Gasteiger partial charge in [0.1, 0.15) is 11.5 Å². The van der Waals surface area contributed by atoms with Crippen LogP contribution in [0.25, 0.3) is 0 Å². The van der Waals surface area contributed by atoms with Gasteiger partial charge in [0.15, 0.2) is 17.4 Å². The van der Waals surface area contributed by atoms with Crippen molar-refractivity contribution in [2.24, 2.45) is 0 Å². The lowest BCUT2D eigenvalue weighted by Gasteiger charge is -2.30. The number of rotatable bonds is 7. The van der Waals surface area contributed by atoms with Crippen molar-refractivity contribution in [1.82, 2.24) is 13.6 Å². The normalized spacial score (nSPS) is 17.2. The van der Waals surface area contributed by atoms with E-state index in [2.05, 4.69) is 19.4 Å². The summed E-state index contributed by atoms with van der Waals surface area (Å²) >= 11 is 1.04. The number of nitrogens with zero attached hydrogens (tertiary/aromatic N) is 3. The second-order valence-corrected chi connectivity index (χ2v) is 8.42. The van der Waals surface area contributed by atoms with Gasteiger partial charge in [0.25, 0.3) is 5.91 Å².